The first kappa shape index (κ1) is 17.8. The van der Waals surface area contributed by atoms with Crippen molar-refractivity contribution in [1.82, 2.24) is 4.98 Å². The lowest BCUT2D eigenvalue weighted by atomic mass is 10.1. The van der Waals surface area contributed by atoms with Gasteiger partial charge in [-0.1, -0.05) is 48.5 Å². The van der Waals surface area contributed by atoms with Crippen LogP contribution in [0.5, 0.6) is 0 Å². The van der Waals surface area contributed by atoms with Gasteiger partial charge in [0.1, 0.15) is 5.69 Å². The molecule has 3 aromatic rings. The number of carbonyl (C=O) groups is 2. The van der Waals surface area contributed by atoms with Crippen LogP contribution in [-0.4, -0.2) is 23.3 Å². The number of hydrogen-bond donors (Lipinski definition) is 1. The van der Waals surface area contributed by atoms with Crippen LogP contribution in [0.4, 0.5) is 10.8 Å². The summed E-state index contributed by atoms with van der Waals surface area (Å²) < 4.78 is 0. The summed E-state index contributed by atoms with van der Waals surface area (Å²) in [6.45, 7) is 2.45. The number of nitrogens with one attached hydrogen (secondary N) is 1. The molecular formula is C20H19N3O2S. The normalized spacial score (nSPS) is 10.3. The standard InChI is InChI=1S/C20H19N3O2S/c1-2-23(16-11-7-4-8-12-16)19(25)17-14-26-20(21-17)22-18(24)13-15-9-5-3-6-10-15/h3-12,14H,2,13H2,1H3,(H,21,22,24). The zero-order valence-electron chi connectivity index (χ0n) is 14.4. The Kier molecular flexibility index (Phi) is 5.76. The van der Waals surface area contributed by atoms with E-state index in [1.807, 2.05) is 67.6 Å². The molecule has 0 unspecified atom stereocenters. The minimum atomic E-state index is -0.182. The van der Waals surface area contributed by atoms with Gasteiger partial charge in [0.05, 0.1) is 6.42 Å². The average Bonchev–Trinajstić information content (AvgIpc) is 3.12. The van der Waals surface area contributed by atoms with Gasteiger partial charge in [-0.3, -0.25) is 9.59 Å². The van der Waals surface area contributed by atoms with Crippen molar-refractivity contribution in [3.63, 3.8) is 0 Å². The van der Waals surface area contributed by atoms with Gasteiger partial charge < -0.3 is 10.2 Å². The summed E-state index contributed by atoms with van der Waals surface area (Å²) in [5, 5.41) is 4.86. The molecule has 0 radical (unpaired) electrons. The van der Waals surface area contributed by atoms with E-state index >= 15 is 0 Å². The molecule has 1 N–H and O–H groups in total. The minimum Gasteiger partial charge on any atom is -0.307 e. The molecule has 0 saturated carbocycles. The summed E-state index contributed by atoms with van der Waals surface area (Å²) in [5.74, 6) is -0.335. The van der Waals surface area contributed by atoms with Gasteiger partial charge in [-0.25, -0.2) is 4.98 Å². The van der Waals surface area contributed by atoms with Gasteiger partial charge in [0, 0.05) is 17.6 Å². The summed E-state index contributed by atoms with van der Waals surface area (Å²) in [6.07, 6.45) is 0.273. The van der Waals surface area contributed by atoms with Crippen molar-refractivity contribution in [2.45, 2.75) is 13.3 Å². The number of benzene rings is 2. The Morgan fingerprint density at radius 1 is 1.04 bits per heavy atom. The number of carbonyl (C=O) groups excluding carboxylic acids is 2. The van der Waals surface area contributed by atoms with Crippen LogP contribution < -0.4 is 10.2 Å². The van der Waals surface area contributed by atoms with E-state index < -0.39 is 0 Å². The van der Waals surface area contributed by atoms with Crippen LogP contribution in [0.25, 0.3) is 0 Å². The van der Waals surface area contributed by atoms with Crippen molar-refractivity contribution in [1.29, 1.82) is 0 Å². The highest BCUT2D eigenvalue weighted by atomic mass is 32.1. The number of nitrogens with zero attached hydrogens (tertiary/aromatic N) is 2. The van der Waals surface area contributed by atoms with E-state index in [0.29, 0.717) is 17.4 Å². The van der Waals surface area contributed by atoms with Crippen molar-refractivity contribution in [2.24, 2.45) is 0 Å². The number of anilines is 2. The van der Waals surface area contributed by atoms with Crippen molar-refractivity contribution < 1.29 is 9.59 Å². The molecule has 26 heavy (non-hydrogen) atoms. The molecular weight excluding hydrogens is 346 g/mol. The van der Waals surface area contributed by atoms with Crippen LogP contribution in [0.1, 0.15) is 23.0 Å². The van der Waals surface area contributed by atoms with Gasteiger partial charge in [0.15, 0.2) is 5.13 Å². The van der Waals surface area contributed by atoms with E-state index in [0.717, 1.165) is 11.3 Å². The van der Waals surface area contributed by atoms with Crippen LogP contribution in [0.15, 0.2) is 66.0 Å². The zero-order valence-corrected chi connectivity index (χ0v) is 15.2. The van der Waals surface area contributed by atoms with Crippen molar-refractivity contribution in [3.8, 4) is 0 Å². The van der Waals surface area contributed by atoms with Gasteiger partial charge in [0.2, 0.25) is 5.91 Å². The number of aromatic nitrogens is 1. The number of rotatable bonds is 6. The third-order valence-corrected chi connectivity index (χ3v) is 4.56. The Balaban J connectivity index is 1.67. The van der Waals surface area contributed by atoms with Gasteiger partial charge in [0.25, 0.3) is 5.91 Å². The molecule has 0 aliphatic rings. The Morgan fingerprint density at radius 3 is 2.35 bits per heavy atom. The molecule has 2 aromatic carbocycles. The predicted molar refractivity (Wildman–Crippen MR) is 105 cm³/mol. The fraction of sp³-hybridized carbons (Fsp3) is 0.150. The maximum atomic E-state index is 12.7. The fourth-order valence-electron chi connectivity index (χ4n) is 2.56. The van der Waals surface area contributed by atoms with Gasteiger partial charge in [-0.05, 0) is 24.6 Å². The molecule has 3 rings (SSSR count). The maximum absolute atomic E-state index is 12.7. The molecule has 5 nitrogen and oxygen atoms in total. The lowest BCUT2D eigenvalue weighted by Crippen LogP contribution is -2.30. The minimum absolute atomic E-state index is 0.153. The quantitative estimate of drug-likeness (QED) is 0.718. The topological polar surface area (TPSA) is 62.3 Å². The predicted octanol–water partition coefficient (Wildman–Crippen LogP) is 3.99. The second kappa shape index (κ2) is 8.40. The third-order valence-electron chi connectivity index (χ3n) is 3.81. The average molecular weight is 365 g/mol. The fourth-order valence-corrected chi connectivity index (χ4v) is 3.26. The van der Waals surface area contributed by atoms with E-state index in [1.54, 1.807) is 10.3 Å². The molecule has 0 aliphatic carbocycles. The molecule has 1 aromatic heterocycles. The first-order chi connectivity index (χ1) is 12.7. The van der Waals surface area contributed by atoms with Crippen LogP contribution in [-0.2, 0) is 11.2 Å². The van der Waals surface area contributed by atoms with Gasteiger partial charge in [-0.2, -0.15) is 0 Å². The molecule has 0 atom stereocenters. The monoisotopic (exact) mass is 365 g/mol. The number of thiazole rings is 1. The van der Waals surface area contributed by atoms with E-state index in [1.165, 1.54) is 11.3 Å². The van der Waals surface area contributed by atoms with Crippen LogP contribution >= 0.6 is 11.3 Å². The maximum Gasteiger partial charge on any atom is 0.277 e. The molecule has 0 aliphatic heterocycles. The summed E-state index contributed by atoms with van der Waals surface area (Å²) in [5.41, 5.74) is 2.08. The molecule has 0 saturated heterocycles. The molecule has 0 spiro atoms. The highest BCUT2D eigenvalue weighted by Gasteiger charge is 2.19. The van der Waals surface area contributed by atoms with Crippen molar-refractivity contribution >= 4 is 34.0 Å². The van der Waals surface area contributed by atoms with Gasteiger partial charge >= 0.3 is 0 Å². The molecule has 0 fully saturated rings. The van der Waals surface area contributed by atoms with Gasteiger partial charge in [-0.15, -0.1) is 11.3 Å². The number of hydrogen-bond acceptors (Lipinski definition) is 4. The molecule has 0 bridgehead atoms. The van der Waals surface area contributed by atoms with E-state index in [2.05, 4.69) is 10.3 Å². The van der Waals surface area contributed by atoms with E-state index in [-0.39, 0.29) is 18.2 Å². The first-order valence-electron chi connectivity index (χ1n) is 8.33. The lowest BCUT2D eigenvalue weighted by molar-refractivity contribution is -0.115. The number of para-hydroxylation sites is 1. The molecule has 2 amide bonds. The molecule has 6 heteroatoms. The van der Waals surface area contributed by atoms with Crippen LogP contribution in [0, 0.1) is 0 Å². The highest BCUT2D eigenvalue weighted by molar-refractivity contribution is 7.14. The Bertz CT molecular complexity index is 878. The summed E-state index contributed by atoms with van der Waals surface area (Å²) in [7, 11) is 0. The SMILES string of the molecule is CCN(C(=O)c1csc(NC(=O)Cc2ccccc2)n1)c1ccccc1. The molecule has 132 valence electrons. The molecule has 1 heterocycles. The van der Waals surface area contributed by atoms with Crippen molar-refractivity contribution in [3.05, 3.63) is 77.3 Å². The van der Waals surface area contributed by atoms with E-state index in [4.69, 9.17) is 0 Å². The summed E-state index contributed by atoms with van der Waals surface area (Å²) >= 11 is 1.25. The first-order valence-corrected chi connectivity index (χ1v) is 9.21. The summed E-state index contributed by atoms with van der Waals surface area (Å²) in [6, 6.07) is 19.0. The zero-order chi connectivity index (χ0) is 18.4. The Morgan fingerprint density at radius 2 is 1.69 bits per heavy atom. The summed E-state index contributed by atoms with van der Waals surface area (Å²) in [4.78, 5) is 30.8. The van der Waals surface area contributed by atoms with E-state index in [9.17, 15) is 9.59 Å². The highest BCUT2D eigenvalue weighted by Crippen LogP contribution is 2.20. The Labute approximate surface area is 156 Å². The largest absolute Gasteiger partial charge is 0.307 e. The number of amides is 2. The third kappa shape index (κ3) is 4.34. The smallest absolute Gasteiger partial charge is 0.277 e. The van der Waals surface area contributed by atoms with Crippen LogP contribution in [0.2, 0.25) is 0 Å². The Hall–Kier alpha value is -2.99. The lowest BCUT2D eigenvalue weighted by Gasteiger charge is -2.19. The second-order valence-electron chi connectivity index (χ2n) is 5.63. The second-order valence-corrected chi connectivity index (χ2v) is 6.49. The van der Waals surface area contributed by atoms with Crippen LogP contribution in [0.3, 0.4) is 0 Å². The van der Waals surface area contributed by atoms with Crippen molar-refractivity contribution in [2.75, 3.05) is 16.8 Å².